The third kappa shape index (κ3) is 2.57. The van der Waals surface area contributed by atoms with Crippen LogP contribution in [-0.4, -0.2) is 23.0 Å². The molecule has 1 aliphatic rings. The van der Waals surface area contributed by atoms with Crippen LogP contribution in [0.3, 0.4) is 0 Å². The van der Waals surface area contributed by atoms with Gasteiger partial charge in [0.1, 0.15) is 5.52 Å². The summed E-state index contributed by atoms with van der Waals surface area (Å²) in [6, 6.07) is 18.6. The molecule has 3 aromatic rings. The molecule has 0 bridgehead atoms. The minimum absolute atomic E-state index is 0.418. The molecule has 4 rings (SSSR count). The van der Waals surface area contributed by atoms with Gasteiger partial charge in [-0.25, -0.2) is 4.98 Å². The van der Waals surface area contributed by atoms with Gasteiger partial charge in [-0.05, 0) is 30.7 Å². The van der Waals surface area contributed by atoms with E-state index in [0.29, 0.717) is 5.92 Å². The monoisotopic (exact) mass is 278 g/mol. The molecule has 0 saturated carbocycles. The average molecular weight is 278 g/mol. The van der Waals surface area contributed by atoms with Gasteiger partial charge in [0.05, 0.1) is 0 Å². The second-order valence-corrected chi connectivity index (χ2v) is 5.73. The normalized spacial score (nSPS) is 19.3. The van der Waals surface area contributed by atoms with Crippen molar-refractivity contribution >= 4 is 11.1 Å². The Labute approximate surface area is 124 Å². The molecule has 1 aliphatic heterocycles. The number of hydrogen-bond donors (Lipinski definition) is 0. The molecule has 3 heteroatoms. The number of benzene rings is 2. The standard InChI is InChI=1S/C18H18N2O/c1-2-6-14(7-3-1)12-20-11-10-15(13-20)18-19-16-8-4-5-9-17(16)21-18/h1-9,15H,10-13H2. The number of rotatable bonds is 3. The van der Waals surface area contributed by atoms with Crippen molar-refractivity contribution in [2.24, 2.45) is 0 Å². The molecule has 2 heterocycles. The molecule has 1 fully saturated rings. The smallest absolute Gasteiger partial charge is 0.199 e. The van der Waals surface area contributed by atoms with Gasteiger partial charge in [-0.1, -0.05) is 42.5 Å². The minimum Gasteiger partial charge on any atom is -0.440 e. The Morgan fingerprint density at radius 2 is 1.86 bits per heavy atom. The first kappa shape index (κ1) is 12.6. The summed E-state index contributed by atoms with van der Waals surface area (Å²) < 4.78 is 5.91. The van der Waals surface area contributed by atoms with E-state index in [2.05, 4.69) is 40.2 Å². The second kappa shape index (κ2) is 5.34. The highest BCUT2D eigenvalue weighted by Crippen LogP contribution is 2.29. The third-order valence-electron chi connectivity index (χ3n) is 4.18. The number of aromatic nitrogens is 1. The Hall–Kier alpha value is -2.13. The molecule has 3 nitrogen and oxygen atoms in total. The van der Waals surface area contributed by atoms with Crippen LogP contribution in [0.2, 0.25) is 0 Å². The number of likely N-dealkylation sites (tertiary alicyclic amines) is 1. The maximum atomic E-state index is 5.91. The second-order valence-electron chi connectivity index (χ2n) is 5.73. The Kier molecular flexibility index (Phi) is 3.20. The van der Waals surface area contributed by atoms with Crippen LogP contribution in [0.4, 0.5) is 0 Å². The van der Waals surface area contributed by atoms with Crippen molar-refractivity contribution in [2.75, 3.05) is 13.1 Å². The first-order valence-corrected chi connectivity index (χ1v) is 7.50. The lowest BCUT2D eigenvalue weighted by atomic mass is 10.1. The zero-order valence-electron chi connectivity index (χ0n) is 11.9. The molecule has 106 valence electrons. The molecule has 0 amide bonds. The maximum absolute atomic E-state index is 5.91. The molecule has 1 unspecified atom stereocenters. The lowest BCUT2D eigenvalue weighted by Crippen LogP contribution is -2.19. The van der Waals surface area contributed by atoms with Crippen molar-refractivity contribution in [3.63, 3.8) is 0 Å². The zero-order chi connectivity index (χ0) is 14.1. The van der Waals surface area contributed by atoms with Crippen molar-refractivity contribution in [2.45, 2.75) is 18.9 Å². The summed E-state index contributed by atoms with van der Waals surface area (Å²) >= 11 is 0. The molecular weight excluding hydrogens is 260 g/mol. The fourth-order valence-corrected chi connectivity index (χ4v) is 3.08. The van der Waals surface area contributed by atoms with E-state index < -0.39 is 0 Å². The van der Waals surface area contributed by atoms with E-state index in [9.17, 15) is 0 Å². The van der Waals surface area contributed by atoms with Crippen molar-refractivity contribution in [3.8, 4) is 0 Å². The summed E-state index contributed by atoms with van der Waals surface area (Å²) in [7, 11) is 0. The van der Waals surface area contributed by atoms with Crippen molar-refractivity contribution < 1.29 is 4.42 Å². The Balaban J connectivity index is 1.48. The predicted molar refractivity (Wildman–Crippen MR) is 83.1 cm³/mol. The molecule has 2 aromatic carbocycles. The van der Waals surface area contributed by atoms with Gasteiger partial charge >= 0.3 is 0 Å². The molecule has 0 N–H and O–H groups in total. The summed E-state index contributed by atoms with van der Waals surface area (Å²) in [5.41, 5.74) is 3.23. The van der Waals surface area contributed by atoms with Crippen LogP contribution in [0.5, 0.6) is 0 Å². The van der Waals surface area contributed by atoms with Crippen LogP contribution in [0.15, 0.2) is 59.0 Å². The molecule has 1 saturated heterocycles. The van der Waals surface area contributed by atoms with E-state index in [1.807, 2.05) is 24.3 Å². The fourth-order valence-electron chi connectivity index (χ4n) is 3.08. The number of para-hydroxylation sites is 2. The molecule has 1 aromatic heterocycles. The number of oxazole rings is 1. The quantitative estimate of drug-likeness (QED) is 0.729. The summed E-state index contributed by atoms with van der Waals surface area (Å²) in [4.78, 5) is 7.12. The van der Waals surface area contributed by atoms with Crippen LogP contribution in [0.25, 0.3) is 11.1 Å². The molecule has 0 radical (unpaired) electrons. The number of fused-ring (bicyclic) bond motifs is 1. The van der Waals surface area contributed by atoms with Crippen LogP contribution in [0.1, 0.15) is 23.8 Å². The summed E-state index contributed by atoms with van der Waals surface area (Å²) in [5.74, 6) is 1.31. The molecule has 21 heavy (non-hydrogen) atoms. The molecular formula is C18H18N2O. The highest BCUT2D eigenvalue weighted by Gasteiger charge is 2.27. The average Bonchev–Trinajstić information content (AvgIpc) is 3.14. The van der Waals surface area contributed by atoms with Crippen LogP contribution in [0, 0.1) is 0 Å². The summed E-state index contributed by atoms with van der Waals surface area (Å²) in [6.45, 7) is 3.15. The summed E-state index contributed by atoms with van der Waals surface area (Å²) in [6.07, 6.45) is 1.12. The topological polar surface area (TPSA) is 29.3 Å². The van der Waals surface area contributed by atoms with E-state index in [0.717, 1.165) is 43.0 Å². The molecule has 0 aliphatic carbocycles. The van der Waals surface area contributed by atoms with E-state index in [1.54, 1.807) is 0 Å². The van der Waals surface area contributed by atoms with E-state index >= 15 is 0 Å². The highest BCUT2D eigenvalue weighted by molar-refractivity contribution is 5.72. The Morgan fingerprint density at radius 3 is 2.71 bits per heavy atom. The van der Waals surface area contributed by atoms with E-state index in [4.69, 9.17) is 4.42 Å². The largest absolute Gasteiger partial charge is 0.440 e. The molecule has 1 atom stereocenters. The lowest BCUT2D eigenvalue weighted by molar-refractivity contribution is 0.321. The van der Waals surface area contributed by atoms with Crippen LogP contribution < -0.4 is 0 Å². The SMILES string of the molecule is c1ccc(CN2CCC(c3nc4ccccc4o3)C2)cc1. The minimum atomic E-state index is 0.418. The zero-order valence-corrected chi connectivity index (χ0v) is 11.9. The summed E-state index contributed by atoms with van der Waals surface area (Å²) in [5, 5.41) is 0. The number of nitrogens with zero attached hydrogens (tertiary/aromatic N) is 2. The third-order valence-corrected chi connectivity index (χ3v) is 4.18. The van der Waals surface area contributed by atoms with Crippen molar-refractivity contribution in [1.82, 2.24) is 9.88 Å². The van der Waals surface area contributed by atoms with Crippen molar-refractivity contribution in [3.05, 3.63) is 66.1 Å². The highest BCUT2D eigenvalue weighted by atomic mass is 16.3. The van der Waals surface area contributed by atoms with Gasteiger partial charge in [0.15, 0.2) is 11.5 Å². The van der Waals surface area contributed by atoms with Gasteiger partial charge < -0.3 is 4.42 Å². The predicted octanol–water partition coefficient (Wildman–Crippen LogP) is 3.82. The van der Waals surface area contributed by atoms with Gasteiger partial charge in [0.25, 0.3) is 0 Å². The van der Waals surface area contributed by atoms with Gasteiger partial charge in [0, 0.05) is 19.0 Å². The number of hydrogen-bond acceptors (Lipinski definition) is 3. The Morgan fingerprint density at radius 1 is 1.05 bits per heavy atom. The van der Waals surface area contributed by atoms with Gasteiger partial charge in [-0.3, -0.25) is 4.90 Å². The van der Waals surface area contributed by atoms with Gasteiger partial charge in [0.2, 0.25) is 0 Å². The molecule has 0 spiro atoms. The first-order chi connectivity index (χ1) is 10.4. The van der Waals surface area contributed by atoms with E-state index in [1.165, 1.54) is 5.56 Å². The van der Waals surface area contributed by atoms with Crippen LogP contribution in [-0.2, 0) is 6.54 Å². The van der Waals surface area contributed by atoms with Crippen LogP contribution >= 0.6 is 0 Å². The van der Waals surface area contributed by atoms with E-state index in [-0.39, 0.29) is 0 Å². The maximum Gasteiger partial charge on any atom is 0.199 e. The van der Waals surface area contributed by atoms with Gasteiger partial charge in [-0.15, -0.1) is 0 Å². The fraction of sp³-hybridized carbons (Fsp3) is 0.278. The van der Waals surface area contributed by atoms with Gasteiger partial charge in [-0.2, -0.15) is 0 Å². The first-order valence-electron chi connectivity index (χ1n) is 7.50. The Bertz CT molecular complexity index is 702. The lowest BCUT2D eigenvalue weighted by Gasteiger charge is -2.15. The van der Waals surface area contributed by atoms with Crippen molar-refractivity contribution in [1.29, 1.82) is 0 Å².